The first kappa shape index (κ1) is 22.5. The van der Waals surface area contributed by atoms with E-state index >= 15 is 0 Å². The Hall–Kier alpha value is 0.279. The number of aliphatic hydroxyl groups is 2. The minimum atomic E-state index is 0. The molecule has 0 rings (SSSR count). The molecule has 0 saturated carbocycles. The smallest absolute Gasteiger partial charge is 0.0701 e. The van der Waals surface area contributed by atoms with Crippen LogP contribution in [0.15, 0.2) is 0 Å². The molecule has 111 valence electrons. The molecule has 0 atom stereocenters. The Morgan fingerprint density at radius 2 is 1.00 bits per heavy atom. The van der Waals surface area contributed by atoms with Gasteiger partial charge in [-0.1, -0.05) is 0 Å². The second-order valence-electron chi connectivity index (χ2n) is 2.66. The summed E-state index contributed by atoms with van der Waals surface area (Å²) in [6, 6.07) is 0. The third-order valence-electron chi connectivity index (χ3n) is 1.33. The number of methoxy groups -OCH3 is 2. The Kier molecular flexibility index (Phi) is 33.3. The molecule has 0 aromatic rings. The van der Waals surface area contributed by atoms with Crippen LogP contribution in [0.2, 0.25) is 0 Å². The Morgan fingerprint density at radius 1 is 0.647 bits per heavy atom. The van der Waals surface area contributed by atoms with E-state index in [4.69, 9.17) is 19.7 Å². The maximum atomic E-state index is 8.20. The standard InChI is InChI=1S/2C5H12O3.Cu/c2*1-7-4-5-8-3-2-6;/h2*6H,2-5H2,1H3;. The number of ether oxygens (including phenoxy) is 4. The second kappa shape index (κ2) is 25.2. The molecule has 0 bridgehead atoms. The molecule has 0 aliphatic heterocycles. The minimum absolute atomic E-state index is 0. The summed E-state index contributed by atoms with van der Waals surface area (Å²) in [5.41, 5.74) is 0. The van der Waals surface area contributed by atoms with Crippen LogP contribution in [-0.2, 0) is 36.0 Å². The van der Waals surface area contributed by atoms with Gasteiger partial charge in [-0.3, -0.25) is 0 Å². The van der Waals surface area contributed by atoms with Crippen LogP contribution < -0.4 is 0 Å². The molecular weight excluding hydrogens is 280 g/mol. The molecule has 2 N–H and O–H groups in total. The van der Waals surface area contributed by atoms with Crippen molar-refractivity contribution in [2.24, 2.45) is 0 Å². The van der Waals surface area contributed by atoms with Crippen LogP contribution in [0.5, 0.6) is 0 Å². The predicted octanol–water partition coefficient (Wildman–Crippen LogP) is -0.719. The quantitative estimate of drug-likeness (QED) is 0.410. The van der Waals surface area contributed by atoms with E-state index in [0.29, 0.717) is 39.6 Å². The number of rotatable bonds is 10. The van der Waals surface area contributed by atoms with E-state index in [1.165, 1.54) is 0 Å². The molecule has 6 nitrogen and oxygen atoms in total. The summed E-state index contributed by atoms with van der Waals surface area (Å²) in [6.45, 7) is 3.31. The van der Waals surface area contributed by atoms with E-state index in [-0.39, 0.29) is 30.3 Å². The first-order valence-corrected chi connectivity index (χ1v) is 5.18. The van der Waals surface area contributed by atoms with Crippen LogP contribution in [-0.4, -0.2) is 77.3 Å². The molecule has 1 radical (unpaired) electrons. The van der Waals surface area contributed by atoms with Crippen LogP contribution >= 0.6 is 0 Å². The van der Waals surface area contributed by atoms with E-state index < -0.39 is 0 Å². The summed E-state index contributed by atoms with van der Waals surface area (Å²) in [4.78, 5) is 0. The molecule has 0 spiro atoms. The number of hydrogen-bond acceptors (Lipinski definition) is 6. The molecule has 7 heteroatoms. The molecule has 0 saturated heterocycles. The molecule has 17 heavy (non-hydrogen) atoms. The Bertz CT molecular complexity index is 82.8. The van der Waals surface area contributed by atoms with Crippen LogP contribution in [0.4, 0.5) is 0 Å². The predicted molar refractivity (Wildman–Crippen MR) is 59.6 cm³/mol. The largest absolute Gasteiger partial charge is 0.394 e. The third kappa shape index (κ3) is 31.4. The summed E-state index contributed by atoms with van der Waals surface area (Å²) < 4.78 is 19.1. The van der Waals surface area contributed by atoms with Gasteiger partial charge in [0.25, 0.3) is 0 Å². The first-order chi connectivity index (χ1) is 7.83. The van der Waals surface area contributed by atoms with Crippen molar-refractivity contribution >= 4 is 0 Å². The van der Waals surface area contributed by atoms with Crippen molar-refractivity contribution in [3.8, 4) is 0 Å². The topological polar surface area (TPSA) is 77.4 Å². The zero-order valence-electron chi connectivity index (χ0n) is 10.5. The van der Waals surface area contributed by atoms with E-state index in [1.54, 1.807) is 14.2 Å². The zero-order valence-corrected chi connectivity index (χ0v) is 11.4. The first-order valence-electron chi connectivity index (χ1n) is 5.18. The van der Waals surface area contributed by atoms with Crippen molar-refractivity contribution < 1.29 is 46.2 Å². The van der Waals surface area contributed by atoms with Gasteiger partial charge in [0.2, 0.25) is 0 Å². The van der Waals surface area contributed by atoms with Gasteiger partial charge in [-0.05, 0) is 0 Å². The van der Waals surface area contributed by atoms with Gasteiger partial charge in [-0.2, -0.15) is 0 Å². The van der Waals surface area contributed by atoms with Crippen molar-refractivity contribution in [1.29, 1.82) is 0 Å². The minimum Gasteiger partial charge on any atom is -0.394 e. The van der Waals surface area contributed by atoms with E-state index in [1.807, 2.05) is 0 Å². The maximum Gasteiger partial charge on any atom is 0.0701 e. The Morgan fingerprint density at radius 3 is 1.24 bits per heavy atom. The average Bonchev–Trinajstić information content (AvgIpc) is 2.31. The molecule has 0 unspecified atom stereocenters. The van der Waals surface area contributed by atoms with Gasteiger partial charge in [-0.25, -0.2) is 0 Å². The van der Waals surface area contributed by atoms with Gasteiger partial charge in [0.15, 0.2) is 0 Å². The molecule has 0 aromatic carbocycles. The summed E-state index contributed by atoms with van der Waals surface area (Å²) in [5, 5.41) is 16.4. The van der Waals surface area contributed by atoms with Crippen molar-refractivity contribution in [2.45, 2.75) is 0 Å². The van der Waals surface area contributed by atoms with Gasteiger partial charge < -0.3 is 29.2 Å². The van der Waals surface area contributed by atoms with Crippen LogP contribution in [0.1, 0.15) is 0 Å². The summed E-state index contributed by atoms with van der Waals surface area (Å²) in [7, 11) is 3.23. The van der Waals surface area contributed by atoms with E-state index in [0.717, 1.165) is 0 Å². The van der Waals surface area contributed by atoms with Crippen molar-refractivity contribution in [3.63, 3.8) is 0 Å². The van der Waals surface area contributed by atoms with Crippen molar-refractivity contribution in [2.75, 3.05) is 67.1 Å². The SMILES string of the molecule is COCCOCCO.COCCOCCO.[Cu]. The molecular formula is C10H24CuO6. The zero-order chi connectivity index (χ0) is 12.5. The third-order valence-corrected chi connectivity index (χ3v) is 1.33. The van der Waals surface area contributed by atoms with Gasteiger partial charge in [0.05, 0.1) is 52.9 Å². The molecule has 0 heterocycles. The van der Waals surface area contributed by atoms with E-state index in [9.17, 15) is 0 Å². The van der Waals surface area contributed by atoms with Gasteiger partial charge in [0.1, 0.15) is 0 Å². The molecule has 0 aromatic heterocycles. The van der Waals surface area contributed by atoms with Crippen LogP contribution in [0, 0.1) is 0 Å². The second-order valence-corrected chi connectivity index (χ2v) is 2.66. The Balaban J connectivity index is -0.000000218. The van der Waals surface area contributed by atoms with Gasteiger partial charge in [0, 0.05) is 31.3 Å². The number of aliphatic hydroxyl groups excluding tert-OH is 2. The fourth-order valence-electron chi connectivity index (χ4n) is 0.618. The van der Waals surface area contributed by atoms with Gasteiger partial charge in [-0.15, -0.1) is 0 Å². The van der Waals surface area contributed by atoms with Gasteiger partial charge >= 0.3 is 0 Å². The molecule has 0 aliphatic rings. The monoisotopic (exact) mass is 303 g/mol. The maximum absolute atomic E-state index is 8.20. The number of hydrogen-bond donors (Lipinski definition) is 2. The van der Waals surface area contributed by atoms with Crippen molar-refractivity contribution in [3.05, 3.63) is 0 Å². The van der Waals surface area contributed by atoms with Crippen molar-refractivity contribution in [1.82, 2.24) is 0 Å². The summed E-state index contributed by atoms with van der Waals surface area (Å²) in [6.07, 6.45) is 0. The molecule has 0 fully saturated rings. The average molecular weight is 304 g/mol. The normalized spacial score (nSPS) is 9.18. The Labute approximate surface area is 114 Å². The summed E-state index contributed by atoms with van der Waals surface area (Å²) >= 11 is 0. The van der Waals surface area contributed by atoms with Crippen LogP contribution in [0.25, 0.3) is 0 Å². The fraction of sp³-hybridized carbons (Fsp3) is 1.00. The fourth-order valence-corrected chi connectivity index (χ4v) is 0.618. The van der Waals surface area contributed by atoms with E-state index in [2.05, 4.69) is 9.47 Å². The van der Waals surface area contributed by atoms with Crippen LogP contribution in [0.3, 0.4) is 0 Å². The summed E-state index contributed by atoms with van der Waals surface area (Å²) in [5.74, 6) is 0. The molecule has 0 amide bonds. The molecule has 0 aliphatic carbocycles.